The van der Waals surface area contributed by atoms with Gasteiger partial charge in [0.2, 0.25) is 5.91 Å². The van der Waals surface area contributed by atoms with Gasteiger partial charge in [-0.1, -0.05) is 36.4 Å². The minimum atomic E-state index is -0.492. The van der Waals surface area contributed by atoms with Gasteiger partial charge >= 0.3 is 0 Å². The summed E-state index contributed by atoms with van der Waals surface area (Å²) in [6.45, 7) is 3.76. The second-order valence-electron chi connectivity index (χ2n) is 7.03. The van der Waals surface area contributed by atoms with Crippen LogP contribution in [0.3, 0.4) is 0 Å². The van der Waals surface area contributed by atoms with Crippen LogP contribution in [0, 0.1) is 5.92 Å². The number of likely N-dealkylation sites (tertiary alicyclic amines) is 1. The Morgan fingerprint density at radius 2 is 2.00 bits per heavy atom. The molecule has 1 aliphatic rings. The molecule has 2 aromatic rings. The van der Waals surface area contributed by atoms with Crippen LogP contribution in [0.25, 0.3) is 0 Å². The molecule has 2 N–H and O–H groups in total. The summed E-state index contributed by atoms with van der Waals surface area (Å²) in [6, 6.07) is 14.0. The molecule has 27 heavy (non-hydrogen) atoms. The van der Waals surface area contributed by atoms with Gasteiger partial charge in [0.15, 0.2) is 0 Å². The second kappa shape index (κ2) is 10.6. The van der Waals surface area contributed by atoms with Crippen LogP contribution >= 0.6 is 11.3 Å². The highest BCUT2D eigenvalue weighted by Gasteiger charge is 2.25. The van der Waals surface area contributed by atoms with E-state index in [1.54, 1.807) is 11.3 Å². The number of hydrogen-bond donors (Lipinski definition) is 2. The van der Waals surface area contributed by atoms with E-state index >= 15 is 0 Å². The Morgan fingerprint density at radius 3 is 2.70 bits per heavy atom. The molecule has 1 atom stereocenters. The Bertz CT molecular complexity index is 670. The van der Waals surface area contributed by atoms with Crippen molar-refractivity contribution in [3.8, 4) is 0 Å². The number of β-amino-alcohol motifs (C(OH)–C–C–N with tert-alkyl or cyclic N) is 1. The molecule has 0 bridgehead atoms. The number of benzene rings is 1. The zero-order valence-corrected chi connectivity index (χ0v) is 16.4. The molecule has 0 saturated carbocycles. The van der Waals surface area contributed by atoms with Gasteiger partial charge in [0, 0.05) is 23.9 Å². The summed E-state index contributed by atoms with van der Waals surface area (Å²) in [4.78, 5) is 15.7. The zero-order chi connectivity index (χ0) is 18.9. The first-order chi connectivity index (χ1) is 13.2. The Labute approximate surface area is 165 Å². The van der Waals surface area contributed by atoms with E-state index in [0.29, 0.717) is 26.3 Å². The van der Waals surface area contributed by atoms with E-state index in [0.717, 1.165) is 31.5 Å². The van der Waals surface area contributed by atoms with Gasteiger partial charge in [-0.3, -0.25) is 4.79 Å². The molecule has 1 aliphatic heterocycles. The van der Waals surface area contributed by atoms with Gasteiger partial charge in [0.1, 0.15) is 0 Å². The molecule has 0 aliphatic carbocycles. The third-order valence-electron chi connectivity index (χ3n) is 4.87. The number of hydrogen-bond acceptors (Lipinski definition) is 5. The lowest BCUT2D eigenvalue weighted by Gasteiger charge is -2.32. The van der Waals surface area contributed by atoms with Crippen LogP contribution in [0.4, 0.5) is 0 Å². The highest BCUT2D eigenvalue weighted by molar-refractivity contribution is 7.09. The van der Waals surface area contributed by atoms with E-state index in [1.807, 2.05) is 47.8 Å². The van der Waals surface area contributed by atoms with Crippen molar-refractivity contribution in [2.45, 2.75) is 32.1 Å². The molecule has 2 heterocycles. The Morgan fingerprint density at radius 1 is 1.22 bits per heavy atom. The molecule has 1 aromatic heterocycles. The summed E-state index contributed by atoms with van der Waals surface area (Å²) in [7, 11) is 0. The van der Waals surface area contributed by atoms with Gasteiger partial charge < -0.3 is 20.1 Å². The summed E-state index contributed by atoms with van der Waals surface area (Å²) >= 11 is 1.66. The van der Waals surface area contributed by atoms with Gasteiger partial charge in [-0.2, -0.15) is 0 Å². The maximum atomic E-state index is 12.4. The highest BCUT2D eigenvalue weighted by Crippen LogP contribution is 2.18. The van der Waals surface area contributed by atoms with Crippen LogP contribution in [-0.2, 0) is 22.7 Å². The standard InChI is InChI=1S/C21H28N2O3S/c24-19(15-26-16-20-7-4-12-27-20)14-23-10-8-18(9-11-23)21(25)22-13-17-5-2-1-3-6-17/h1-7,12,18-19,24H,8-11,13-16H2,(H,22,25)/t19-/m0/s1. The van der Waals surface area contributed by atoms with Crippen molar-refractivity contribution in [3.63, 3.8) is 0 Å². The number of thiophene rings is 1. The van der Waals surface area contributed by atoms with Crippen LogP contribution in [-0.4, -0.2) is 48.3 Å². The van der Waals surface area contributed by atoms with Crippen molar-refractivity contribution in [1.29, 1.82) is 0 Å². The van der Waals surface area contributed by atoms with Crippen LogP contribution < -0.4 is 5.32 Å². The number of aliphatic hydroxyl groups is 1. The Kier molecular flexibility index (Phi) is 7.83. The molecule has 1 fully saturated rings. The van der Waals surface area contributed by atoms with E-state index in [9.17, 15) is 9.90 Å². The zero-order valence-electron chi connectivity index (χ0n) is 15.5. The molecule has 1 aromatic carbocycles. The van der Waals surface area contributed by atoms with Crippen molar-refractivity contribution < 1.29 is 14.6 Å². The second-order valence-corrected chi connectivity index (χ2v) is 8.06. The molecule has 0 unspecified atom stereocenters. The van der Waals surface area contributed by atoms with Crippen molar-refractivity contribution in [3.05, 3.63) is 58.3 Å². The fourth-order valence-electron chi connectivity index (χ4n) is 3.35. The fraction of sp³-hybridized carbons (Fsp3) is 0.476. The van der Waals surface area contributed by atoms with Crippen molar-refractivity contribution >= 4 is 17.2 Å². The number of ether oxygens (including phenoxy) is 1. The van der Waals surface area contributed by atoms with Crippen molar-refractivity contribution in [2.24, 2.45) is 5.92 Å². The molecule has 0 radical (unpaired) electrons. The summed E-state index contributed by atoms with van der Waals surface area (Å²) in [5.74, 6) is 0.204. The molecular weight excluding hydrogens is 360 g/mol. The van der Waals surface area contributed by atoms with Gasteiger partial charge in [-0.25, -0.2) is 0 Å². The number of nitrogens with zero attached hydrogens (tertiary/aromatic N) is 1. The summed E-state index contributed by atoms with van der Waals surface area (Å²) in [6.07, 6.45) is 1.18. The number of piperidine rings is 1. The predicted molar refractivity (Wildman–Crippen MR) is 107 cm³/mol. The number of rotatable bonds is 9. The van der Waals surface area contributed by atoms with Crippen LogP contribution in [0.1, 0.15) is 23.3 Å². The van der Waals surface area contributed by atoms with Crippen molar-refractivity contribution in [1.82, 2.24) is 10.2 Å². The predicted octanol–water partition coefficient (Wildman–Crippen LogP) is 2.65. The van der Waals surface area contributed by atoms with E-state index in [4.69, 9.17) is 4.74 Å². The molecule has 5 nitrogen and oxygen atoms in total. The molecule has 0 spiro atoms. The Balaban J connectivity index is 1.30. The summed E-state index contributed by atoms with van der Waals surface area (Å²) in [5, 5.41) is 15.2. The number of nitrogens with one attached hydrogen (secondary N) is 1. The molecule has 1 saturated heterocycles. The smallest absolute Gasteiger partial charge is 0.223 e. The van der Waals surface area contributed by atoms with E-state index < -0.39 is 6.10 Å². The molecule has 146 valence electrons. The number of amides is 1. The largest absolute Gasteiger partial charge is 0.389 e. The van der Waals surface area contributed by atoms with E-state index in [-0.39, 0.29) is 11.8 Å². The maximum absolute atomic E-state index is 12.4. The third-order valence-corrected chi connectivity index (χ3v) is 5.72. The SMILES string of the molecule is O=C(NCc1ccccc1)C1CCN(C[C@H](O)COCc2cccs2)CC1. The molecular formula is C21H28N2O3S. The van der Waals surface area contributed by atoms with Crippen molar-refractivity contribution in [2.75, 3.05) is 26.2 Å². The number of carbonyl (C=O) groups is 1. The lowest BCUT2D eigenvalue weighted by Crippen LogP contribution is -2.43. The topological polar surface area (TPSA) is 61.8 Å². The maximum Gasteiger partial charge on any atom is 0.223 e. The monoisotopic (exact) mass is 388 g/mol. The first kappa shape index (κ1) is 20.0. The minimum absolute atomic E-state index is 0.0668. The summed E-state index contributed by atoms with van der Waals surface area (Å²) < 4.78 is 5.58. The lowest BCUT2D eigenvalue weighted by molar-refractivity contribution is -0.126. The molecule has 1 amide bonds. The van der Waals surface area contributed by atoms with Crippen LogP contribution in [0.15, 0.2) is 47.8 Å². The van der Waals surface area contributed by atoms with Gasteiger partial charge in [-0.15, -0.1) is 11.3 Å². The van der Waals surface area contributed by atoms with E-state index in [1.165, 1.54) is 4.88 Å². The molecule has 6 heteroatoms. The molecule has 3 rings (SSSR count). The van der Waals surface area contributed by atoms with Gasteiger partial charge in [0.05, 0.1) is 19.3 Å². The van der Waals surface area contributed by atoms with E-state index in [2.05, 4.69) is 10.2 Å². The normalized spacial score (nSPS) is 16.9. The van der Waals surface area contributed by atoms with Gasteiger partial charge in [0.25, 0.3) is 0 Å². The quantitative estimate of drug-likeness (QED) is 0.693. The average Bonchev–Trinajstić information content (AvgIpc) is 3.21. The van der Waals surface area contributed by atoms with Crippen LogP contribution in [0.2, 0.25) is 0 Å². The minimum Gasteiger partial charge on any atom is -0.389 e. The Hall–Kier alpha value is -1.73. The number of aliphatic hydroxyl groups excluding tert-OH is 1. The highest BCUT2D eigenvalue weighted by atomic mass is 32.1. The first-order valence-electron chi connectivity index (χ1n) is 9.53. The fourth-order valence-corrected chi connectivity index (χ4v) is 3.99. The number of carbonyl (C=O) groups excluding carboxylic acids is 1. The van der Waals surface area contributed by atoms with Crippen LogP contribution in [0.5, 0.6) is 0 Å². The summed E-state index contributed by atoms with van der Waals surface area (Å²) in [5.41, 5.74) is 1.12. The van der Waals surface area contributed by atoms with Gasteiger partial charge in [-0.05, 0) is 42.9 Å². The third kappa shape index (κ3) is 6.74. The average molecular weight is 389 g/mol. The lowest BCUT2D eigenvalue weighted by atomic mass is 9.95. The first-order valence-corrected chi connectivity index (χ1v) is 10.4.